The molecule has 1 unspecified atom stereocenters. The lowest BCUT2D eigenvalue weighted by molar-refractivity contribution is -0.150. The minimum Gasteiger partial charge on any atom is -0.464 e. The lowest BCUT2D eigenvalue weighted by atomic mass is 10.3. The SMILES string of the molecule is CCOC(=O)COC1CN(C)C(=O)N1c1ccc(Cl)c(Cl)c1. The second kappa shape index (κ2) is 7.17. The third kappa shape index (κ3) is 3.63. The first-order valence-electron chi connectivity index (χ1n) is 6.70. The van der Waals surface area contributed by atoms with E-state index in [4.69, 9.17) is 32.7 Å². The molecule has 1 atom stereocenters. The number of anilines is 1. The number of halogens is 2. The van der Waals surface area contributed by atoms with E-state index < -0.39 is 12.2 Å². The maximum Gasteiger partial charge on any atom is 0.332 e. The molecule has 1 aromatic rings. The largest absolute Gasteiger partial charge is 0.464 e. The maximum absolute atomic E-state index is 12.3. The summed E-state index contributed by atoms with van der Waals surface area (Å²) in [6.45, 7) is 2.10. The van der Waals surface area contributed by atoms with Crippen LogP contribution in [0, 0.1) is 0 Å². The van der Waals surface area contributed by atoms with Crippen LogP contribution in [0.5, 0.6) is 0 Å². The predicted molar refractivity (Wildman–Crippen MR) is 83.3 cm³/mol. The Hall–Kier alpha value is -1.50. The van der Waals surface area contributed by atoms with Gasteiger partial charge in [0, 0.05) is 12.7 Å². The van der Waals surface area contributed by atoms with Crippen molar-refractivity contribution in [2.24, 2.45) is 0 Å². The van der Waals surface area contributed by atoms with Gasteiger partial charge in [-0.3, -0.25) is 4.90 Å². The van der Waals surface area contributed by atoms with E-state index in [-0.39, 0.29) is 19.2 Å². The number of rotatable bonds is 5. The van der Waals surface area contributed by atoms with E-state index in [1.807, 2.05) is 0 Å². The van der Waals surface area contributed by atoms with Crippen molar-refractivity contribution in [2.45, 2.75) is 13.2 Å². The summed E-state index contributed by atoms with van der Waals surface area (Å²) in [4.78, 5) is 26.6. The number of ether oxygens (including phenoxy) is 2. The molecule has 1 heterocycles. The Kier molecular flexibility index (Phi) is 5.50. The number of hydrogen-bond donors (Lipinski definition) is 0. The molecular weight excluding hydrogens is 331 g/mol. The van der Waals surface area contributed by atoms with Crippen molar-refractivity contribution in [1.82, 2.24) is 4.90 Å². The van der Waals surface area contributed by atoms with E-state index in [2.05, 4.69) is 0 Å². The van der Waals surface area contributed by atoms with Gasteiger partial charge in [0.15, 0.2) is 6.23 Å². The normalized spacial score (nSPS) is 18.0. The van der Waals surface area contributed by atoms with Crippen LogP contribution in [-0.4, -0.2) is 49.9 Å². The molecule has 1 saturated heterocycles. The molecule has 0 saturated carbocycles. The van der Waals surface area contributed by atoms with Crippen molar-refractivity contribution in [1.29, 1.82) is 0 Å². The highest BCUT2D eigenvalue weighted by molar-refractivity contribution is 6.42. The predicted octanol–water partition coefficient (Wildman–Crippen LogP) is 2.77. The first-order valence-corrected chi connectivity index (χ1v) is 7.46. The lowest BCUT2D eigenvalue weighted by Gasteiger charge is -2.23. The number of carbonyl (C=O) groups is 2. The van der Waals surface area contributed by atoms with Gasteiger partial charge in [-0.2, -0.15) is 0 Å². The van der Waals surface area contributed by atoms with Crippen molar-refractivity contribution < 1.29 is 19.1 Å². The van der Waals surface area contributed by atoms with Gasteiger partial charge in [-0.05, 0) is 25.1 Å². The van der Waals surface area contributed by atoms with Gasteiger partial charge in [0.2, 0.25) is 0 Å². The zero-order valence-electron chi connectivity index (χ0n) is 12.2. The molecule has 2 rings (SSSR count). The van der Waals surface area contributed by atoms with Crippen molar-refractivity contribution in [3.63, 3.8) is 0 Å². The fourth-order valence-corrected chi connectivity index (χ4v) is 2.40. The zero-order valence-corrected chi connectivity index (χ0v) is 13.7. The molecule has 1 fully saturated rings. The van der Waals surface area contributed by atoms with Gasteiger partial charge in [-0.15, -0.1) is 0 Å². The Morgan fingerprint density at radius 2 is 2.09 bits per heavy atom. The van der Waals surface area contributed by atoms with Gasteiger partial charge in [0.25, 0.3) is 0 Å². The van der Waals surface area contributed by atoms with E-state index in [0.717, 1.165) is 0 Å². The average Bonchev–Trinajstić information content (AvgIpc) is 2.75. The maximum atomic E-state index is 12.3. The summed E-state index contributed by atoms with van der Waals surface area (Å²) >= 11 is 11.9. The summed E-state index contributed by atoms with van der Waals surface area (Å²) < 4.78 is 10.3. The fraction of sp³-hybridized carbons (Fsp3) is 0.429. The molecule has 2 amide bonds. The number of likely N-dealkylation sites (N-methyl/N-ethyl adjacent to an activating group) is 1. The molecule has 0 radical (unpaired) electrons. The number of carbonyl (C=O) groups excluding carboxylic acids is 2. The standard InChI is InChI=1S/C14H16Cl2N2O4/c1-3-21-13(19)8-22-12-7-17(2)14(20)18(12)9-4-5-10(15)11(16)6-9/h4-6,12H,3,7-8H2,1-2H3. The summed E-state index contributed by atoms with van der Waals surface area (Å²) in [5, 5.41) is 0.736. The molecule has 0 aromatic heterocycles. The van der Waals surface area contributed by atoms with Gasteiger partial charge in [-0.25, -0.2) is 9.59 Å². The van der Waals surface area contributed by atoms with Crippen LogP contribution in [0.25, 0.3) is 0 Å². The third-order valence-electron chi connectivity index (χ3n) is 3.13. The van der Waals surface area contributed by atoms with Crippen LogP contribution in [0.4, 0.5) is 10.5 Å². The van der Waals surface area contributed by atoms with E-state index >= 15 is 0 Å². The van der Waals surface area contributed by atoms with Crippen molar-refractivity contribution in [3.05, 3.63) is 28.2 Å². The minimum atomic E-state index is -0.598. The van der Waals surface area contributed by atoms with Gasteiger partial charge in [0.1, 0.15) is 6.61 Å². The molecule has 120 valence electrons. The first kappa shape index (κ1) is 16.9. The van der Waals surface area contributed by atoms with Crippen LogP contribution in [-0.2, 0) is 14.3 Å². The molecule has 8 heteroatoms. The Morgan fingerprint density at radius 3 is 2.73 bits per heavy atom. The summed E-state index contributed by atoms with van der Waals surface area (Å²) in [6, 6.07) is 4.62. The topological polar surface area (TPSA) is 59.1 Å². The highest BCUT2D eigenvalue weighted by Gasteiger charge is 2.37. The average molecular weight is 347 g/mol. The first-order chi connectivity index (χ1) is 10.4. The summed E-state index contributed by atoms with van der Waals surface area (Å²) in [6.07, 6.45) is -0.598. The van der Waals surface area contributed by atoms with Crippen molar-refractivity contribution in [2.75, 3.05) is 31.7 Å². The van der Waals surface area contributed by atoms with E-state index in [1.165, 1.54) is 9.80 Å². The van der Waals surface area contributed by atoms with Crippen LogP contribution < -0.4 is 4.90 Å². The zero-order chi connectivity index (χ0) is 16.3. The third-order valence-corrected chi connectivity index (χ3v) is 3.87. The van der Waals surface area contributed by atoms with Crippen LogP contribution in [0.15, 0.2) is 18.2 Å². The molecule has 6 nitrogen and oxygen atoms in total. The smallest absolute Gasteiger partial charge is 0.332 e. The van der Waals surface area contributed by atoms with Crippen LogP contribution >= 0.6 is 23.2 Å². The highest BCUT2D eigenvalue weighted by Crippen LogP contribution is 2.31. The lowest BCUT2D eigenvalue weighted by Crippen LogP contribution is -2.37. The molecular formula is C14H16Cl2N2O4. The van der Waals surface area contributed by atoms with Crippen molar-refractivity contribution in [3.8, 4) is 0 Å². The number of nitrogens with zero attached hydrogens (tertiary/aromatic N) is 2. The van der Waals surface area contributed by atoms with E-state index in [1.54, 1.807) is 32.2 Å². The molecule has 1 aliphatic rings. The Balaban J connectivity index is 2.16. The summed E-state index contributed by atoms with van der Waals surface area (Å²) in [5.74, 6) is -0.474. The second-order valence-corrected chi connectivity index (χ2v) is 5.52. The fourth-order valence-electron chi connectivity index (χ4n) is 2.11. The molecule has 0 spiro atoms. The number of benzene rings is 1. The van der Waals surface area contributed by atoms with Crippen LogP contribution in [0.1, 0.15) is 6.92 Å². The van der Waals surface area contributed by atoms with Gasteiger partial charge >= 0.3 is 12.0 Å². The number of esters is 1. The summed E-state index contributed by atoms with van der Waals surface area (Å²) in [5.41, 5.74) is 0.553. The van der Waals surface area contributed by atoms with Gasteiger partial charge in [-0.1, -0.05) is 23.2 Å². The highest BCUT2D eigenvalue weighted by atomic mass is 35.5. The van der Waals surface area contributed by atoms with E-state index in [9.17, 15) is 9.59 Å². The second-order valence-electron chi connectivity index (χ2n) is 4.70. The Bertz CT molecular complexity index is 582. The molecule has 1 aliphatic heterocycles. The van der Waals surface area contributed by atoms with Gasteiger partial charge in [0.05, 0.1) is 23.2 Å². The van der Waals surface area contributed by atoms with E-state index in [0.29, 0.717) is 22.3 Å². The number of amides is 2. The molecule has 0 N–H and O–H groups in total. The van der Waals surface area contributed by atoms with Crippen LogP contribution in [0.2, 0.25) is 10.0 Å². The van der Waals surface area contributed by atoms with Gasteiger partial charge < -0.3 is 14.4 Å². The molecule has 1 aromatic carbocycles. The van der Waals surface area contributed by atoms with Crippen LogP contribution in [0.3, 0.4) is 0 Å². The monoisotopic (exact) mass is 346 g/mol. The Morgan fingerprint density at radius 1 is 1.36 bits per heavy atom. The molecule has 0 aliphatic carbocycles. The minimum absolute atomic E-state index is 0.225. The Labute approximate surface area is 138 Å². The van der Waals surface area contributed by atoms with Crippen molar-refractivity contribution >= 4 is 40.9 Å². The number of urea groups is 1. The summed E-state index contributed by atoms with van der Waals surface area (Å²) in [7, 11) is 1.65. The molecule has 0 bridgehead atoms. The number of hydrogen-bond acceptors (Lipinski definition) is 4. The molecule has 22 heavy (non-hydrogen) atoms. The quantitative estimate of drug-likeness (QED) is 0.769.